The van der Waals surface area contributed by atoms with E-state index in [-0.39, 0.29) is 12.0 Å². The average molecular weight is 268 g/mol. The van der Waals surface area contributed by atoms with Crippen molar-refractivity contribution >= 4 is 0 Å². The molecule has 1 N–H and O–H groups in total. The highest BCUT2D eigenvalue weighted by Crippen LogP contribution is 2.16. The number of allylic oxidation sites excluding steroid dienone is 1. The van der Waals surface area contributed by atoms with E-state index in [0.29, 0.717) is 6.61 Å². The molecule has 0 aliphatic carbocycles. The van der Waals surface area contributed by atoms with E-state index in [2.05, 4.69) is 12.2 Å². The molecule has 0 aromatic rings. The Bertz CT molecular complexity index is 296. The van der Waals surface area contributed by atoms with E-state index in [9.17, 15) is 5.11 Å². The van der Waals surface area contributed by atoms with Gasteiger partial charge in [0.15, 0.2) is 0 Å². The van der Waals surface area contributed by atoms with Crippen molar-refractivity contribution < 1.29 is 14.6 Å². The van der Waals surface area contributed by atoms with Crippen LogP contribution in [0, 0.1) is 5.92 Å². The monoisotopic (exact) mass is 268 g/mol. The summed E-state index contributed by atoms with van der Waals surface area (Å²) in [6.07, 6.45) is 9.95. The summed E-state index contributed by atoms with van der Waals surface area (Å²) in [6.45, 7) is 5.55. The lowest BCUT2D eigenvalue weighted by atomic mass is 9.96. The van der Waals surface area contributed by atoms with Crippen molar-refractivity contribution in [2.45, 2.75) is 51.7 Å². The van der Waals surface area contributed by atoms with E-state index in [1.165, 1.54) is 12.0 Å². The molecule has 3 heteroatoms. The Labute approximate surface area is 117 Å². The van der Waals surface area contributed by atoms with Crippen LogP contribution in [0.4, 0.5) is 0 Å². The molecule has 0 aromatic heterocycles. The van der Waals surface area contributed by atoms with Crippen molar-refractivity contribution in [1.82, 2.24) is 0 Å². The quantitative estimate of drug-likeness (QED) is 0.743. The zero-order chi connectivity index (χ0) is 14.1. The third kappa shape index (κ3) is 6.37. The number of hydrogen-bond donors (Lipinski definition) is 1. The summed E-state index contributed by atoms with van der Waals surface area (Å²) in [6, 6.07) is 0. The molecule has 3 nitrogen and oxygen atoms in total. The maximum Gasteiger partial charge on any atom is 0.102 e. The normalized spacial score (nSPS) is 36.0. The largest absolute Gasteiger partial charge is 0.389 e. The highest BCUT2D eigenvalue weighted by Gasteiger charge is 2.21. The van der Waals surface area contributed by atoms with Crippen LogP contribution in [-0.2, 0) is 9.47 Å². The third-order valence-electron chi connectivity index (χ3n) is 3.51. The van der Waals surface area contributed by atoms with E-state index < -0.39 is 6.10 Å². The van der Waals surface area contributed by atoms with Gasteiger partial charge in [-0.25, -0.2) is 0 Å². The molecular weight excluding hydrogens is 240 g/mol. The molecule has 0 radical (unpaired) electrons. The fraction of sp³-hybridized carbons (Fsp3) is 0.750. The summed E-state index contributed by atoms with van der Waals surface area (Å²) >= 11 is 0. The Balaban J connectivity index is 2.71. The summed E-state index contributed by atoms with van der Waals surface area (Å²) in [5.74, 6) is 0.0566. The predicted octanol–water partition coefficient (Wildman–Crippen LogP) is 3.09. The summed E-state index contributed by atoms with van der Waals surface area (Å²) in [7, 11) is 1.65. The minimum atomic E-state index is -0.515. The first-order valence-electron chi connectivity index (χ1n) is 7.27. The van der Waals surface area contributed by atoms with Gasteiger partial charge in [-0.15, -0.1) is 0 Å². The first-order chi connectivity index (χ1) is 9.15. The number of aliphatic hydroxyl groups is 1. The van der Waals surface area contributed by atoms with E-state index in [4.69, 9.17) is 9.47 Å². The van der Waals surface area contributed by atoms with Gasteiger partial charge in [0.2, 0.25) is 0 Å². The van der Waals surface area contributed by atoms with Crippen LogP contribution in [0.25, 0.3) is 0 Å². The molecule has 0 saturated heterocycles. The maximum absolute atomic E-state index is 10.3. The maximum atomic E-state index is 10.3. The van der Waals surface area contributed by atoms with Crippen LogP contribution in [0.3, 0.4) is 0 Å². The molecule has 0 spiro atoms. The van der Waals surface area contributed by atoms with Gasteiger partial charge >= 0.3 is 0 Å². The molecular formula is C16H28O3. The second-order valence-corrected chi connectivity index (χ2v) is 5.39. The first-order valence-corrected chi connectivity index (χ1v) is 7.27. The van der Waals surface area contributed by atoms with Crippen LogP contribution in [0.1, 0.15) is 39.5 Å². The van der Waals surface area contributed by atoms with Gasteiger partial charge in [0, 0.05) is 19.6 Å². The van der Waals surface area contributed by atoms with Crippen molar-refractivity contribution in [1.29, 1.82) is 0 Å². The lowest BCUT2D eigenvalue weighted by molar-refractivity contribution is -0.00204. The number of methoxy groups -OCH3 is 1. The number of aliphatic hydroxyl groups excluding tert-OH is 1. The second-order valence-electron chi connectivity index (χ2n) is 5.39. The molecule has 0 amide bonds. The van der Waals surface area contributed by atoms with Gasteiger partial charge in [-0.05, 0) is 26.2 Å². The Morgan fingerprint density at radius 3 is 2.84 bits per heavy atom. The van der Waals surface area contributed by atoms with Gasteiger partial charge in [0.05, 0.1) is 12.7 Å². The SMILES string of the molecule is COC1/C=C/CCCCCOC/C(C)=C\[C@@H](C)[C@@H]1O. The summed E-state index contributed by atoms with van der Waals surface area (Å²) < 4.78 is 11.0. The van der Waals surface area contributed by atoms with E-state index in [1.807, 2.05) is 19.9 Å². The lowest BCUT2D eigenvalue weighted by Gasteiger charge is -2.23. The highest BCUT2D eigenvalue weighted by molar-refractivity contribution is 5.05. The van der Waals surface area contributed by atoms with Gasteiger partial charge in [-0.2, -0.15) is 0 Å². The van der Waals surface area contributed by atoms with Gasteiger partial charge in [-0.1, -0.05) is 37.1 Å². The van der Waals surface area contributed by atoms with Crippen molar-refractivity contribution in [2.75, 3.05) is 20.3 Å². The fourth-order valence-corrected chi connectivity index (χ4v) is 2.33. The van der Waals surface area contributed by atoms with Gasteiger partial charge in [0.25, 0.3) is 0 Å². The molecule has 1 aliphatic rings. The Kier molecular flexibility index (Phi) is 8.03. The Hall–Kier alpha value is -0.640. The Morgan fingerprint density at radius 2 is 2.11 bits per heavy atom. The van der Waals surface area contributed by atoms with Gasteiger partial charge in [0.1, 0.15) is 6.10 Å². The number of hydrogen-bond acceptors (Lipinski definition) is 3. The van der Waals surface area contributed by atoms with Crippen molar-refractivity contribution in [2.24, 2.45) is 5.92 Å². The fourth-order valence-electron chi connectivity index (χ4n) is 2.33. The van der Waals surface area contributed by atoms with Crippen molar-refractivity contribution in [3.63, 3.8) is 0 Å². The molecule has 0 fully saturated rings. The van der Waals surface area contributed by atoms with Crippen molar-refractivity contribution in [3.8, 4) is 0 Å². The molecule has 1 unspecified atom stereocenters. The van der Waals surface area contributed by atoms with Gasteiger partial charge in [-0.3, -0.25) is 0 Å². The molecule has 1 rings (SSSR count). The van der Waals surface area contributed by atoms with Crippen LogP contribution in [0.15, 0.2) is 23.8 Å². The highest BCUT2D eigenvalue weighted by atomic mass is 16.5. The van der Waals surface area contributed by atoms with Crippen LogP contribution in [0.5, 0.6) is 0 Å². The minimum Gasteiger partial charge on any atom is -0.389 e. The molecule has 0 aromatic carbocycles. The molecule has 0 saturated carbocycles. The topological polar surface area (TPSA) is 38.7 Å². The standard InChI is InChI=1S/C16H28O3/c1-13-11-14(2)16(17)15(18-3)9-7-5-4-6-8-10-19-12-13/h7,9,11,14-17H,4-6,8,10,12H2,1-3H3/b9-7+,13-11-/t14-,15?,16+/m1/s1. The summed E-state index contributed by atoms with van der Waals surface area (Å²) in [5, 5.41) is 10.3. The molecule has 19 heavy (non-hydrogen) atoms. The van der Waals surface area contributed by atoms with E-state index in [0.717, 1.165) is 25.9 Å². The van der Waals surface area contributed by atoms with E-state index in [1.54, 1.807) is 7.11 Å². The summed E-state index contributed by atoms with van der Waals surface area (Å²) in [4.78, 5) is 0. The Morgan fingerprint density at radius 1 is 1.32 bits per heavy atom. The molecule has 110 valence electrons. The summed E-state index contributed by atoms with van der Waals surface area (Å²) in [5.41, 5.74) is 1.17. The van der Waals surface area contributed by atoms with E-state index >= 15 is 0 Å². The zero-order valence-electron chi connectivity index (χ0n) is 12.5. The van der Waals surface area contributed by atoms with Gasteiger partial charge < -0.3 is 14.6 Å². The van der Waals surface area contributed by atoms with Crippen LogP contribution >= 0.6 is 0 Å². The first kappa shape index (κ1) is 16.4. The zero-order valence-corrected chi connectivity index (χ0v) is 12.5. The van der Waals surface area contributed by atoms with Crippen molar-refractivity contribution in [3.05, 3.63) is 23.8 Å². The smallest absolute Gasteiger partial charge is 0.102 e. The van der Waals surface area contributed by atoms with Crippen LogP contribution in [0.2, 0.25) is 0 Å². The number of ether oxygens (including phenoxy) is 2. The van der Waals surface area contributed by atoms with Crippen LogP contribution in [-0.4, -0.2) is 37.6 Å². The lowest BCUT2D eigenvalue weighted by Crippen LogP contribution is -2.31. The predicted molar refractivity (Wildman–Crippen MR) is 78.2 cm³/mol. The molecule has 0 bridgehead atoms. The molecule has 1 heterocycles. The second kappa shape index (κ2) is 9.29. The molecule has 1 aliphatic heterocycles. The number of rotatable bonds is 1. The molecule has 3 atom stereocenters. The van der Waals surface area contributed by atoms with Crippen LogP contribution < -0.4 is 0 Å². The third-order valence-corrected chi connectivity index (χ3v) is 3.51. The average Bonchev–Trinajstić information content (AvgIpc) is 2.39. The minimum absolute atomic E-state index is 0.0566.